The Morgan fingerprint density at radius 1 is 0.944 bits per heavy atom. The average Bonchev–Trinajstić information content (AvgIpc) is 2.90. The van der Waals surface area contributed by atoms with Gasteiger partial charge in [-0.3, -0.25) is 4.98 Å². The standard InChI is InChI=1S/C14H10BrN3/c15-11-6-4-10(5-7-11)13-9-17-14(18-13)12-3-1-2-8-16-12/h1-9H,(H,17,18). The molecule has 0 radical (unpaired) electrons. The summed E-state index contributed by atoms with van der Waals surface area (Å²) < 4.78 is 1.07. The number of rotatable bonds is 2. The van der Waals surface area contributed by atoms with E-state index in [0.717, 1.165) is 27.2 Å². The van der Waals surface area contributed by atoms with Gasteiger partial charge in [0.05, 0.1) is 11.9 Å². The number of hydrogen-bond donors (Lipinski definition) is 1. The van der Waals surface area contributed by atoms with Gasteiger partial charge in [-0.15, -0.1) is 0 Å². The number of H-pyrrole nitrogens is 1. The van der Waals surface area contributed by atoms with Gasteiger partial charge in [0.1, 0.15) is 5.69 Å². The van der Waals surface area contributed by atoms with E-state index in [1.54, 1.807) is 6.20 Å². The minimum Gasteiger partial charge on any atom is -0.337 e. The SMILES string of the molecule is Brc1ccc(-c2cnc(-c3ccccn3)[nH]2)cc1. The number of aromatic amines is 1. The average molecular weight is 300 g/mol. The molecular weight excluding hydrogens is 290 g/mol. The number of halogens is 1. The molecule has 2 heterocycles. The molecule has 3 aromatic rings. The maximum Gasteiger partial charge on any atom is 0.156 e. The minimum atomic E-state index is 0.786. The molecule has 0 atom stereocenters. The zero-order chi connectivity index (χ0) is 12.4. The van der Waals surface area contributed by atoms with Gasteiger partial charge in [0.2, 0.25) is 0 Å². The predicted octanol–water partition coefficient (Wildman–Crippen LogP) is 3.90. The van der Waals surface area contributed by atoms with Crippen LogP contribution in [0.15, 0.2) is 59.3 Å². The number of pyridine rings is 1. The maximum atomic E-state index is 4.36. The second-order valence-corrected chi connectivity index (χ2v) is 4.78. The van der Waals surface area contributed by atoms with Crippen LogP contribution in [0, 0.1) is 0 Å². The van der Waals surface area contributed by atoms with Gasteiger partial charge in [-0.2, -0.15) is 0 Å². The Bertz CT molecular complexity index is 644. The summed E-state index contributed by atoms with van der Waals surface area (Å²) in [5, 5.41) is 0. The Labute approximate surface area is 113 Å². The van der Waals surface area contributed by atoms with Gasteiger partial charge in [-0.25, -0.2) is 4.98 Å². The lowest BCUT2D eigenvalue weighted by molar-refractivity contribution is 1.22. The van der Waals surface area contributed by atoms with Crippen LogP contribution in [0.25, 0.3) is 22.8 Å². The van der Waals surface area contributed by atoms with E-state index < -0.39 is 0 Å². The summed E-state index contributed by atoms with van der Waals surface area (Å²) in [6.45, 7) is 0. The summed E-state index contributed by atoms with van der Waals surface area (Å²) in [4.78, 5) is 11.9. The zero-order valence-corrected chi connectivity index (χ0v) is 11.1. The van der Waals surface area contributed by atoms with E-state index in [-0.39, 0.29) is 0 Å². The molecule has 0 fully saturated rings. The quantitative estimate of drug-likeness (QED) is 0.780. The third kappa shape index (κ3) is 2.19. The molecule has 0 saturated heterocycles. The van der Waals surface area contributed by atoms with Crippen LogP contribution in [-0.4, -0.2) is 15.0 Å². The third-order valence-corrected chi connectivity index (χ3v) is 3.17. The van der Waals surface area contributed by atoms with Crippen molar-refractivity contribution in [2.24, 2.45) is 0 Å². The van der Waals surface area contributed by atoms with Crippen LogP contribution in [-0.2, 0) is 0 Å². The van der Waals surface area contributed by atoms with Crippen LogP contribution >= 0.6 is 15.9 Å². The molecule has 0 amide bonds. The molecule has 4 heteroatoms. The summed E-state index contributed by atoms with van der Waals surface area (Å²) in [7, 11) is 0. The first-order chi connectivity index (χ1) is 8.83. The van der Waals surface area contributed by atoms with Crippen LogP contribution < -0.4 is 0 Å². The first kappa shape index (κ1) is 11.2. The van der Waals surface area contributed by atoms with Gasteiger partial charge in [-0.05, 0) is 29.8 Å². The lowest BCUT2D eigenvalue weighted by Crippen LogP contribution is -1.84. The summed E-state index contributed by atoms with van der Waals surface area (Å²) in [6, 6.07) is 13.9. The lowest BCUT2D eigenvalue weighted by Gasteiger charge is -1.97. The molecule has 1 N–H and O–H groups in total. The first-order valence-electron chi connectivity index (χ1n) is 5.55. The van der Waals surface area contributed by atoms with Gasteiger partial charge >= 0.3 is 0 Å². The topological polar surface area (TPSA) is 41.6 Å². The summed E-state index contributed by atoms with van der Waals surface area (Å²) in [5.41, 5.74) is 2.94. The van der Waals surface area contributed by atoms with Crippen molar-refractivity contribution in [1.82, 2.24) is 15.0 Å². The molecule has 0 aliphatic heterocycles. The molecule has 3 nitrogen and oxygen atoms in total. The summed E-state index contributed by atoms with van der Waals surface area (Å²) >= 11 is 3.42. The van der Waals surface area contributed by atoms with Gasteiger partial charge in [0, 0.05) is 10.7 Å². The Balaban J connectivity index is 1.97. The molecule has 3 rings (SSSR count). The van der Waals surface area contributed by atoms with Crippen molar-refractivity contribution in [2.75, 3.05) is 0 Å². The van der Waals surface area contributed by atoms with E-state index in [0.29, 0.717) is 0 Å². The highest BCUT2D eigenvalue weighted by Gasteiger charge is 2.05. The molecular formula is C14H10BrN3. The molecule has 0 unspecified atom stereocenters. The van der Waals surface area contributed by atoms with Crippen molar-refractivity contribution in [3.8, 4) is 22.8 Å². The van der Waals surface area contributed by atoms with Crippen molar-refractivity contribution in [3.05, 3.63) is 59.3 Å². The fourth-order valence-corrected chi connectivity index (χ4v) is 1.99. The highest BCUT2D eigenvalue weighted by atomic mass is 79.9. The second kappa shape index (κ2) is 4.74. The molecule has 0 saturated carbocycles. The van der Waals surface area contributed by atoms with E-state index in [1.165, 1.54) is 0 Å². The third-order valence-electron chi connectivity index (χ3n) is 2.64. The van der Waals surface area contributed by atoms with Crippen molar-refractivity contribution in [2.45, 2.75) is 0 Å². The van der Waals surface area contributed by atoms with Gasteiger partial charge in [0.25, 0.3) is 0 Å². The van der Waals surface area contributed by atoms with Crippen molar-refractivity contribution >= 4 is 15.9 Å². The fraction of sp³-hybridized carbons (Fsp3) is 0. The Hall–Kier alpha value is -1.94. The van der Waals surface area contributed by atoms with E-state index >= 15 is 0 Å². The van der Waals surface area contributed by atoms with Crippen LogP contribution in [0.5, 0.6) is 0 Å². The first-order valence-corrected chi connectivity index (χ1v) is 6.34. The lowest BCUT2D eigenvalue weighted by atomic mass is 10.2. The summed E-state index contributed by atoms with van der Waals surface area (Å²) in [5.74, 6) is 0.786. The number of imidazole rings is 1. The maximum absolute atomic E-state index is 4.36. The van der Waals surface area contributed by atoms with Crippen LogP contribution in [0.4, 0.5) is 0 Å². The van der Waals surface area contributed by atoms with Gasteiger partial charge in [0.15, 0.2) is 5.82 Å². The van der Waals surface area contributed by atoms with E-state index in [1.807, 2.05) is 48.7 Å². The Morgan fingerprint density at radius 3 is 2.50 bits per heavy atom. The normalized spacial score (nSPS) is 10.5. The molecule has 0 aliphatic rings. The smallest absolute Gasteiger partial charge is 0.156 e. The molecule has 18 heavy (non-hydrogen) atoms. The molecule has 0 spiro atoms. The highest BCUT2D eigenvalue weighted by molar-refractivity contribution is 9.10. The monoisotopic (exact) mass is 299 g/mol. The molecule has 88 valence electrons. The molecule has 2 aromatic heterocycles. The van der Waals surface area contributed by atoms with Crippen LogP contribution in [0.3, 0.4) is 0 Å². The van der Waals surface area contributed by atoms with Crippen molar-refractivity contribution in [3.63, 3.8) is 0 Å². The number of aromatic nitrogens is 3. The fourth-order valence-electron chi connectivity index (χ4n) is 1.73. The van der Waals surface area contributed by atoms with Crippen molar-refractivity contribution < 1.29 is 0 Å². The van der Waals surface area contributed by atoms with E-state index in [2.05, 4.69) is 30.9 Å². The second-order valence-electron chi connectivity index (χ2n) is 3.87. The van der Waals surface area contributed by atoms with Gasteiger partial charge < -0.3 is 4.98 Å². The highest BCUT2D eigenvalue weighted by Crippen LogP contribution is 2.22. The predicted molar refractivity (Wildman–Crippen MR) is 75.0 cm³/mol. The van der Waals surface area contributed by atoms with Gasteiger partial charge in [-0.1, -0.05) is 34.1 Å². The largest absolute Gasteiger partial charge is 0.337 e. The number of benzene rings is 1. The molecule has 1 aromatic carbocycles. The van der Waals surface area contributed by atoms with E-state index in [9.17, 15) is 0 Å². The van der Waals surface area contributed by atoms with Crippen LogP contribution in [0.2, 0.25) is 0 Å². The molecule has 0 bridgehead atoms. The number of hydrogen-bond acceptors (Lipinski definition) is 2. The Kier molecular flexibility index (Phi) is 2.94. The van der Waals surface area contributed by atoms with Crippen molar-refractivity contribution in [1.29, 1.82) is 0 Å². The minimum absolute atomic E-state index is 0.786. The molecule has 0 aliphatic carbocycles. The zero-order valence-electron chi connectivity index (χ0n) is 9.47. The number of nitrogens with one attached hydrogen (secondary N) is 1. The number of nitrogens with zero attached hydrogens (tertiary/aromatic N) is 2. The Morgan fingerprint density at radius 2 is 1.78 bits per heavy atom. The summed E-state index contributed by atoms with van der Waals surface area (Å²) in [6.07, 6.45) is 3.59. The van der Waals surface area contributed by atoms with E-state index in [4.69, 9.17) is 0 Å². The van der Waals surface area contributed by atoms with Crippen LogP contribution in [0.1, 0.15) is 0 Å².